The van der Waals surface area contributed by atoms with E-state index in [1.54, 1.807) is 43.3 Å². The molecule has 0 aliphatic carbocycles. The fourth-order valence-electron chi connectivity index (χ4n) is 3.26. The van der Waals surface area contributed by atoms with Crippen molar-refractivity contribution >= 4 is 27.9 Å². The molecule has 0 fully saturated rings. The summed E-state index contributed by atoms with van der Waals surface area (Å²) in [5.41, 5.74) is -0.0558. The Labute approximate surface area is 175 Å². The maximum absolute atomic E-state index is 12.8. The predicted octanol–water partition coefficient (Wildman–Crippen LogP) is 3.52. The van der Waals surface area contributed by atoms with Crippen molar-refractivity contribution in [2.45, 2.75) is 13.0 Å². The second kappa shape index (κ2) is 7.98. The quantitative estimate of drug-likeness (QED) is 0.355. The molecule has 1 atom stereocenters. The van der Waals surface area contributed by atoms with Gasteiger partial charge < -0.3 is 23.0 Å². The van der Waals surface area contributed by atoms with E-state index in [9.17, 15) is 14.4 Å². The number of carbonyl (C=O) groups is 1. The zero-order chi connectivity index (χ0) is 22.1. The molecular formula is C23H18O8. The molecule has 0 amide bonds. The topological polar surface area (TPSA) is 105 Å². The third-order valence-corrected chi connectivity index (χ3v) is 4.80. The summed E-state index contributed by atoms with van der Waals surface area (Å²) in [6.45, 7) is 1.55. The summed E-state index contributed by atoms with van der Waals surface area (Å²) in [4.78, 5) is 36.4. The van der Waals surface area contributed by atoms with Crippen LogP contribution >= 0.6 is 0 Å². The van der Waals surface area contributed by atoms with Crippen LogP contribution in [0.1, 0.15) is 6.92 Å². The lowest BCUT2D eigenvalue weighted by atomic mass is 10.0. The number of hydrogen-bond acceptors (Lipinski definition) is 8. The molecule has 0 spiro atoms. The fourth-order valence-corrected chi connectivity index (χ4v) is 3.26. The van der Waals surface area contributed by atoms with E-state index in [4.69, 9.17) is 18.3 Å². The van der Waals surface area contributed by atoms with Gasteiger partial charge in [-0.15, -0.1) is 0 Å². The highest BCUT2D eigenvalue weighted by atomic mass is 16.6. The number of benzene rings is 2. The van der Waals surface area contributed by atoms with Crippen LogP contribution in [0.4, 0.5) is 0 Å². The second-order valence-corrected chi connectivity index (χ2v) is 6.77. The molecule has 0 saturated carbocycles. The van der Waals surface area contributed by atoms with Gasteiger partial charge in [0.25, 0.3) is 0 Å². The molecule has 4 aromatic rings. The zero-order valence-corrected chi connectivity index (χ0v) is 17.0. The average Bonchev–Trinajstić information content (AvgIpc) is 2.76. The molecule has 0 bridgehead atoms. The summed E-state index contributed by atoms with van der Waals surface area (Å²) in [7, 11) is 2.78. The summed E-state index contributed by atoms with van der Waals surface area (Å²) in [6, 6.07) is 12.7. The van der Waals surface area contributed by atoms with Gasteiger partial charge in [0.2, 0.25) is 0 Å². The Morgan fingerprint density at radius 1 is 0.871 bits per heavy atom. The maximum atomic E-state index is 12.8. The first-order chi connectivity index (χ1) is 14.9. The number of methoxy groups -OCH3 is 2. The van der Waals surface area contributed by atoms with E-state index in [2.05, 4.69) is 4.74 Å². The third kappa shape index (κ3) is 3.87. The standard InChI is InChI=1S/C23H18O8/c1-12(22(25)28-3)29-15-5-4-13-8-18(23(26)31-19(13)10-15)17-11-21(24)30-20-9-14(27-2)6-7-16(17)20/h4-12H,1-3H3. The van der Waals surface area contributed by atoms with Gasteiger partial charge in [-0.25, -0.2) is 14.4 Å². The summed E-state index contributed by atoms with van der Waals surface area (Å²) in [5.74, 6) is 0.342. The summed E-state index contributed by atoms with van der Waals surface area (Å²) < 4.78 is 26.1. The molecule has 2 heterocycles. The number of carbonyl (C=O) groups excluding carboxylic acids is 1. The van der Waals surface area contributed by atoms with Crippen LogP contribution in [0.25, 0.3) is 33.1 Å². The van der Waals surface area contributed by atoms with Gasteiger partial charge in [-0.05, 0) is 37.3 Å². The minimum absolute atomic E-state index is 0.215. The maximum Gasteiger partial charge on any atom is 0.346 e. The number of fused-ring (bicyclic) bond motifs is 2. The molecule has 0 radical (unpaired) electrons. The minimum atomic E-state index is -0.819. The van der Waals surface area contributed by atoms with Gasteiger partial charge >= 0.3 is 17.2 Å². The van der Waals surface area contributed by atoms with E-state index in [1.165, 1.54) is 26.4 Å². The summed E-state index contributed by atoms with van der Waals surface area (Å²) in [5, 5.41) is 1.18. The first-order valence-electron chi connectivity index (χ1n) is 9.34. The molecule has 0 aliphatic rings. The van der Waals surface area contributed by atoms with Crippen LogP contribution < -0.4 is 20.7 Å². The molecule has 8 nitrogen and oxygen atoms in total. The number of rotatable bonds is 5. The van der Waals surface area contributed by atoms with Crippen molar-refractivity contribution in [2.75, 3.05) is 14.2 Å². The van der Waals surface area contributed by atoms with Crippen LogP contribution in [-0.2, 0) is 9.53 Å². The minimum Gasteiger partial charge on any atom is -0.497 e. The van der Waals surface area contributed by atoms with Crippen molar-refractivity contribution in [3.8, 4) is 22.6 Å². The molecule has 0 aliphatic heterocycles. The Hall–Kier alpha value is -4.07. The SMILES string of the molecule is COC(=O)C(C)Oc1ccc2cc(-c3cc(=O)oc4cc(OC)ccc34)c(=O)oc2c1. The highest BCUT2D eigenvalue weighted by Crippen LogP contribution is 2.30. The predicted molar refractivity (Wildman–Crippen MR) is 113 cm³/mol. The van der Waals surface area contributed by atoms with Gasteiger partial charge in [-0.1, -0.05) is 0 Å². The molecule has 31 heavy (non-hydrogen) atoms. The Kier molecular flexibility index (Phi) is 5.21. The van der Waals surface area contributed by atoms with Crippen molar-refractivity contribution in [3.05, 3.63) is 69.4 Å². The van der Waals surface area contributed by atoms with Gasteiger partial charge in [0.05, 0.1) is 19.8 Å². The molecule has 4 rings (SSSR count). The number of ether oxygens (including phenoxy) is 3. The van der Waals surface area contributed by atoms with Crippen LogP contribution in [0, 0.1) is 0 Å². The van der Waals surface area contributed by atoms with Crippen molar-refractivity contribution in [2.24, 2.45) is 0 Å². The fraction of sp³-hybridized carbons (Fsp3) is 0.174. The Morgan fingerprint density at radius 2 is 1.61 bits per heavy atom. The summed E-state index contributed by atoms with van der Waals surface area (Å²) >= 11 is 0. The van der Waals surface area contributed by atoms with Gasteiger partial charge in [0, 0.05) is 34.5 Å². The number of hydrogen-bond donors (Lipinski definition) is 0. The monoisotopic (exact) mass is 422 g/mol. The van der Waals surface area contributed by atoms with Crippen molar-refractivity contribution in [1.82, 2.24) is 0 Å². The first kappa shape index (κ1) is 20.2. The molecule has 1 unspecified atom stereocenters. The molecule has 0 N–H and O–H groups in total. The van der Waals surface area contributed by atoms with E-state index >= 15 is 0 Å². The van der Waals surface area contributed by atoms with Crippen LogP contribution in [0.3, 0.4) is 0 Å². The zero-order valence-electron chi connectivity index (χ0n) is 17.0. The van der Waals surface area contributed by atoms with E-state index in [-0.39, 0.29) is 11.1 Å². The van der Waals surface area contributed by atoms with Gasteiger partial charge in [0.1, 0.15) is 22.7 Å². The molecule has 2 aromatic heterocycles. The molecule has 2 aromatic carbocycles. The van der Waals surface area contributed by atoms with Crippen molar-refractivity contribution in [1.29, 1.82) is 0 Å². The number of esters is 1. The van der Waals surface area contributed by atoms with Gasteiger partial charge in [0.15, 0.2) is 6.10 Å². The second-order valence-electron chi connectivity index (χ2n) is 6.77. The van der Waals surface area contributed by atoms with Crippen LogP contribution in [-0.4, -0.2) is 26.3 Å². The lowest BCUT2D eigenvalue weighted by Crippen LogP contribution is -2.24. The third-order valence-electron chi connectivity index (χ3n) is 4.80. The van der Waals surface area contributed by atoms with Crippen molar-refractivity contribution in [3.63, 3.8) is 0 Å². The van der Waals surface area contributed by atoms with Crippen LogP contribution in [0.2, 0.25) is 0 Å². The molecular weight excluding hydrogens is 404 g/mol. The van der Waals surface area contributed by atoms with E-state index in [0.717, 1.165) is 0 Å². The average molecular weight is 422 g/mol. The summed E-state index contributed by atoms with van der Waals surface area (Å²) in [6.07, 6.45) is -0.819. The van der Waals surface area contributed by atoms with E-state index in [1.807, 2.05) is 0 Å². The van der Waals surface area contributed by atoms with Gasteiger partial charge in [-0.2, -0.15) is 0 Å². The largest absolute Gasteiger partial charge is 0.497 e. The lowest BCUT2D eigenvalue weighted by molar-refractivity contribution is -0.147. The van der Waals surface area contributed by atoms with Crippen LogP contribution in [0.5, 0.6) is 11.5 Å². The van der Waals surface area contributed by atoms with E-state index in [0.29, 0.717) is 33.4 Å². The highest BCUT2D eigenvalue weighted by Gasteiger charge is 2.17. The van der Waals surface area contributed by atoms with Crippen molar-refractivity contribution < 1.29 is 27.8 Å². The smallest absolute Gasteiger partial charge is 0.346 e. The highest BCUT2D eigenvalue weighted by molar-refractivity contribution is 5.95. The Bertz CT molecular complexity index is 1410. The normalized spacial score (nSPS) is 12.0. The van der Waals surface area contributed by atoms with E-state index < -0.39 is 23.3 Å². The molecule has 158 valence electrons. The Morgan fingerprint density at radius 3 is 2.35 bits per heavy atom. The van der Waals surface area contributed by atoms with Crippen LogP contribution in [0.15, 0.2) is 67.0 Å². The lowest BCUT2D eigenvalue weighted by Gasteiger charge is -2.12. The first-order valence-corrected chi connectivity index (χ1v) is 9.34. The molecule has 8 heteroatoms. The molecule has 0 saturated heterocycles. The van der Waals surface area contributed by atoms with Gasteiger partial charge in [-0.3, -0.25) is 0 Å². The Balaban J connectivity index is 1.82.